The van der Waals surface area contributed by atoms with Gasteiger partial charge < -0.3 is 25.4 Å². The van der Waals surface area contributed by atoms with Gasteiger partial charge in [0.1, 0.15) is 30.3 Å². The number of hydrogen-bond donors (Lipinski definition) is 3. The molecule has 9 heteroatoms. The summed E-state index contributed by atoms with van der Waals surface area (Å²) in [6.45, 7) is 3.51. The molecule has 1 aliphatic heterocycles. The highest BCUT2D eigenvalue weighted by Crippen LogP contribution is 2.33. The second-order valence-corrected chi connectivity index (χ2v) is 9.91. The van der Waals surface area contributed by atoms with Crippen LogP contribution in [-0.2, 0) is 36.9 Å². The Morgan fingerprint density at radius 3 is 1.93 bits per heavy atom. The lowest BCUT2D eigenvalue weighted by molar-refractivity contribution is -0.133. The first-order valence-corrected chi connectivity index (χ1v) is 13.1. The van der Waals surface area contributed by atoms with Crippen molar-refractivity contribution in [1.82, 2.24) is 16.0 Å². The van der Waals surface area contributed by atoms with Crippen molar-refractivity contribution < 1.29 is 28.7 Å². The predicted octanol–water partition coefficient (Wildman–Crippen LogP) is 3.24. The van der Waals surface area contributed by atoms with Crippen LogP contribution >= 0.6 is 0 Å². The minimum atomic E-state index is -1.02. The van der Waals surface area contributed by atoms with E-state index < -0.39 is 41.6 Å². The van der Waals surface area contributed by atoms with Gasteiger partial charge in [0.15, 0.2) is 5.78 Å². The molecule has 1 heterocycles. The van der Waals surface area contributed by atoms with Crippen LogP contribution in [-0.4, -0.2) is 48.0 Å². The Bertz CT molecular complexity index is 1310. The third kappa shape index (κ3) is 7.77. The Labute approximate surface area is 233 Å². The Balaban J connectivity index is 1.44. The van der Waals surface area contributed by atoms with Gasteiger partial charge in [-0.3, -0.25) is 14.4 Å². The van der Waals surface area contributed by atoms with Crippen LogP contribution in [0.25, 0.3) is 0 Å². The maximum atomic E-state index is 13.6. The molecule has 208 valence electrons. The lowest BCUT2D eigenvalue weighted by Gasteiger charge is -2.25. The number of carbonyl (C=O) groups excluding carboxylic acids is 4. The van der Waals surface area contributed by atoms with E-state index in [0.717, 1.165) is 11.1 Å². The third-order valence-corrected chi connectivity index (χ3v) is 6.64. The van der Waals surface area contributed by atoms with Crippen molar-refractivity contribution in [3.05, 3.63) is 108 Å². The number of ketones is 1. The number of hydrogen-bond acceptors (Lipinski definition) is 6. The van der Waals surface area contributed by atoms with E-state index in [1.807, 2.05) is 66.7 Å². The highest BCUT2D eigenvalue weighted by Gasteiger charge is 2.50. The standard InChI is InChI=1S/C31H33N3O6/c1-21(32-30(38)39-19-23-14-8-4-9-15-23)28(36)33-25(18-22-12-6-3-7-13-22)29(37)34-26(24-16-10-5-11-17-24)27(35)31(2)20-40-31/h3-17,21,25-26H,18-20H2,1-2H3,(H,32,38)(H,33,36)(H,34,37)/t21?,25-,26-,31?/m0/s1. The molecule has 4 rings (SSSR count). The summed E-state index contributed by atoms with van der Waals surface area (Å²) in [5, 5.41) is 8.05. The third-order valence-electron chi connectivity index (χ3n) is 6.64. The Morgan fingerprint density at radius 1 is 0.800 bits per heavy atom. The molecule has 0 saturated carbocycles. The van der Waals surface area contributed by atoms with E-state index in [2.05, 4.69) is 16.0 Å². The fraction of sp³-hybridized carbons (Fsp3) is 0.290. The molecule has 0 aliphatic carbocycles. The second kappa shape index (κ2) is 13.0. The first-order valence-electron chi connectivity index (χ1n) is 13.1. The van der Waals surface area contributed by atoms with Gasteiger partial charge in [-0.1, -0.05) is 91.0 Å². The molecular weight excluding hydrogens is 510 g/mol. The summed E-state index contributed by atoms with van der Waals surface area (Å²) in [7, 11) is 0. The number of ether oxygens (including phenoxy) is 2. The number of alkyl carbamates (subject to hydrolysis) is 1. The van der Waals surface area contributed by atoms with Gasteiger partial charge in [-0.15, -0.1) is 0 Å². The molecular formula is C31H33N3O6. The molecule has 3 aromatic rings. The molecule has 4 atom stereocenters. The highest BCUT2D eigenvalue weighted by atomic mass is 16.6. The van der Waals surface area contributed by atoms with Crippen LogP contribution in [0.4, 0.5) is 4.79 Å². The van der Waals surface area contributed by atoms with Gasteiger partial charge >= 0.3 is 6.09 Å². The smallest absolute Gasteiger partial charge is 0.408 e. The van der Waals surface area contributed by atoms with E-state index in [1.165, 1.54) is 6.92 Å². The van der Waals surface area contributed by atoms with Gasteiger partial charge in [0.25, 0.3) is 0 Å². The summed E-state index contributed by atoms with van der Waals surface area (Å²) in [5.41, 5.74) is 1.26. The maximum Gasteiger partial charge on any atom is 0.408 e. The highest BCUT2D eigenvalue weighted by molar-refractivity contribution is 5.99. The SMILES string of the molecule is CC(NC(=O)OCc1ccccc1)C(=O)N[C@@H](Cc1ccccc1)C(=O)N[C@H](C(=O)C1(C)CO1)c1ccccc1. The minimum Gasteiger partial charge on any atom is -0.445 e. The number of Topliss-reactive ketones (excluding diaryl/α,β-unsaturated/α-hetero) is 1. The largest absolute Gasteiger partial charge is 0.445 e. The number of rotatable bonds is 12. The summed E-state index contributed by atoms with van der Waals surface area (Å²) >= 11 is 0. The predicted molar refractivity (Wildman–Crippen MR) is 148 cm³/mol. The van der Waals surface area contributed by atoms with Gasteiger partial charge in [-0.2, -0.15) is 0 Å². The second-order valence-electron chi connectivity index (χ2n) is 9.91. The van der Waals surface area contributed by atoms with E-state index in [-0.39, 0.29) is 25.4 Å². The molecule has 0 spiro atoms. The van der Waals surface area contributed by atoms with Crippen molar-refractivity contribution in [3.63, 3.8) is 0 Å². The number of carbonyl (C=O) groups is 4. The molecule has 1 saturated heterocycles. The van der Waals surface area contributed by atoms with Crippen molar-refractivity contribution in [2.75, 3.05) is 6.61 Å². The molecule has 1 fully saturated rings. The summed E-state index contributed by atoms with van der Waals surface area (Å²) < 4.78 is 10.6. The zero-order chi connectivity index (χ0) is 28.5. The Hall–Kier alpha value is -4.50. The van der Waals surface area contributed by atoms with Gasteiger partial charge in [-0.25, -0.2) is 4.79 Å². The number of nitrogens with one attached hydrogen (secondary N) is 3. The van der Waals surface area contributed by atoms with E-state index in [0.29, 0.717) is 5.56 Å². The average molecular weight is 544 g/mol. The van der Waals surface area contributed by atoms with Crippen LogP contribution in [0.2, 0.25) is 0 Å². The van der Waals surface area contributed by atoms with Crippen molar-refractivity contribution >= 4 is 23.7 Å². The van der Waals surface area contributed by atoms with Crippen LogP contribution in [0.15, 0.2) is 91.0 Å². The zero-order valence-electron chi connectivity index (χ0n) is 22.5. The maximum absolute atomic E-state index is 13.6. The first-order chi connectivity index (χ1) is 19.2. The van der Waals surface area contributed by atoms with Crippen LogP contribution < -0.4 is 16.0 Å². The fourth-order valence-electron chi connectivity index (χ4n) is 4.11. The molecule has 0 bridgehead atoms. The summed E-state index contributed by atoms with van der Waals surface area (Å²) in [4.78, 5) is 52.2. The van der Waals surface area contributed by atoms with Crippen LogP contribution in [0, 0.1) is 0 Å². The molecule has 3 aromatic carbocycles. The van der Waals surface area contributed by atoms with E-state index in [1.54, 1.807) is 31.2 Å². The molecule has 1 aliphatic rings. The Morgan fingerprint density at radius 2 is 1.35 bits per heavy atom. The molecule has 40 heavy (non-hydrogen) atoms. The quantitative estimate of drug-likeness (QED) is 0.301. The monoisotopic (exact) mass is 543 g/mol. The lowest BCUT2D eigenvalue weighted by atomic mass is 9.94. The zero-order valence-corrected chi connectivity index (χ0v) is 22.5. The molecule has 0 radical (unpaired) electrons. The molecule has 3 N–H and O–H groups in total. The first kappa shape index (κ1) is 28.5. The minimum absolute atomic E-state index is 0.0532. The molecule has 2 unspecified atom stereocenters. The summed E-state index contributed by atoms with van der Waals surface area (Å²) in [6, 6.07) is 24.3. The van der Waals surface area contributed by atoms with Crippen molar-refractivity contribution in [1.29, 1.82) is 0 Å². The normalized spacial score (nSPS) is 17.9. The Kier molecular flexibility index (Phi) is 9.29. The van der Waals surface area contributed by atoms with Crippen LogP contribution in [0.3, 0.4) is 0 Å². The van der Waals surface area contributed by atoms with Crippen LogP contribution in [0.1, 0.15) is 36.6 Å². The number of benzene rings is 3. The number of epoxide rings is 1. The van der Waals surface area contributed by atoms with Crippen molar-refractivity contribution in [2.24, 2.45) is 0 Å². The van der Waals surface area contributed by atoms with E-state index in [4.69, 9.17) is 9.47 Å². The molecule has 3 amide bonds. The molecule has 0 aromatic heterocycles. The van der Waals surface area contributed by atoms with E-state index in [9.17, 15) is 19.2 Å². The fourth-order valence-corrected chi connectivity index (χ4v) is 4.11. The van der Waals surface area contributed by atoms with Gasteiger partial charge in [0, 0.05) is 6.42 Å². The topological polar surface area (TPSA) is 126 Å². The van der Waals surface area contributed by atoms with Crippen LogP contribution in [0.5, 0.6) is 0 Å². The lowest BCUT2D eigenvalue weighted by Crippen LogP contribution is -2.55. The van der Waals surface area contributed by atoms with Gasteiger partial charge in [0.05, 0.1) is 6.61 Å². The van der Waals surface area contributed by atoms with Crippen molar-refractivity contribution in [3.8, 4) is 0 Å². The summed E-state index contributed by atoms with van der Waals surface area (Å²) in [6.07, 6.45) is -0.587. The summed E-state index contributed by atoms with van der Waals surface area (Å²) in [5.74, 6) is -1.39. The van der Waals surface area contributed by atoms with Gasteiger partial charge in [-0.05, 0) is 30.5 Å². The number of amides is 3. The average Bonchev–Trinajstić information content (AvgIpc) is 3.73. The van der Waals surface area contributed by atoms with Crippen molar-refractivity contribution in [2.45, 2.75) is 50.6 Å². The molecule has 9 nitrogen and oxygen atoms in total. The van der Waals surface area contributed by atoms with E-state index >= 15 is 0 Å². The van der Waals surface area contributed by atoms with Gasteiger partial charge in [0.2, 0.25) is 11.8 Å².